The van der Waals surface area contributed by atoms with Gasteiger partial charge in [-0.2, -0.15) is 4.99 Å². The SMILES string of the molecule is NC1=NC(=O)N(C2CC2)C1c1ccc(F)cc1Br. The minimum Gasteiger partial charge on any atom is -0.385 e. The molecule has 0 saturated heterocycles. The Morgan fingerprint density at radius 3 is 2.78 bits per heavy atom. The van der Waals surface area contributed by atoms with Gasteiger partial charge in [0.05, 0.1) is 0 Å². The van der Waals surface area contributed by atoms with Crippen LogP contribution in [0.4, 0.5) is 9.18 Å². The molecule has 4 nitrogen and oxygen atoms in total. The number of carbonyl (C=O) groups is 1. The quantitative estimate of drug-likeness (QED) is 0.912. The Balaban J connectivity index is 2.03. The number of hydrogen-bond donors (Lipinski definition) is 1. The first kappa shape index (κ1) is 11.6. The summed E-state index contributed by atoms with van der Waals surface area (Å²) in [5.74, 6) is -0.0531. The van der Waals surface area contributed by atoms with Crippen LogP contribution in [0.2, 0.25) is 0 Å². The Kier molecular flexibility index (Phi) is 2.62. The molecule has 2 amide bonds. The van der Waals surface area contributed by atoms with Gasteiger partial charge in [-0.3, -0.25) is 0 Å². The summed E-state index contributed by atoms with van der Waals surface area (Å²) in [7, 11) is 0. The van der Waals surface area contributed by atoms with Crippen LogP contribution >= 0.6 is 15.9 Å². The molecule has 1 unspecified atom stereocenters. The number of halogens is 2. The van der Waals surface area contributed by atoms with E-state index in [0.717, 1.165) is 18.4 Å². The normalized spacial score (nSPS) is 23.4. The summed E-state index contributed by atoms with van der Waals surface area (Å²) >= 11 is 3.31. The van der Waals surface area contributed by atoms with E-state index >= 15 is 0 Å². The zero-order chi connectivity index (χ0) is 12.9. The summed E-state index contributed by atoms with van der Waals surface area (Å²) in [5, 5.41) is 0. The van der Waals surface area contributed by atoms with Crippen molar-refractivity contribution in [2.75, 3.05) is 0 Å². The molecule has 18 heavy (non-hydrogen) atoms. The molecule has 1 heterocycles. The van der Waals surface area contributed by atoms with Crippen molar-refractivity contribution in [1.29, 1.82) is 0 Å². The predicted molar refractivity (Wildman–Crippen MR) is 68.7 cm³/mol. The molecule has 0 radical (unpaired) electrons. The highest BCUT2D eigenvalue weighted by atomic mass is 79.9. The van der Waals surface area contributed by atoms with Gasteiger partial charge in [0, 0.05) is 10.5 Å². The number of nitrogens with zero attached hydrogens (tertiary/aromatic N) is 2. The van der Waals surface area contributed by atoms with Gasteiger partial charge in [0.2, 0.25) is 0 Å². The third-order valence-electron chi connectivity index (χ3n) is 3.20. The van der Waals surface area contributed by atoms with Gasteiger partial charge < -0.3 is 10.6 Å². The van der Waals surface area contributed by atoms with E-state index in [9.17, 15) is 9.18 Å². The van der Waals surface area contributed by atoms with E-state index in [1.54, 1.807) is 11.0 Å². The highest BCUT2D eigenvalue weighted by molar-refractivity contribution is 9.10. The number of hydrogen-bond acceptors (Lipinski definition) is 2. The molecule has 0 spiro atoms. The Bertz CT molecular complexity index is 556. The van der Waals surface area contributed by atoms with E-state index in [-0.39, 0.29) is 29.8 Å². The maximum atomic E-state index is 13.1. The maximum Gasteiger partial charge on any atom is 0.346 e. The van der Waals surface area contributed by atoms with Crippen molar-refractivity contribution in [1.82, 2.24) is 4.90 Å². The lowest BCUT2D eigenvalue weighted by Gasteiger charge is -2.25. The third kappa shape index (κ3) is 1.80. The van der Waals surface area contributed by atoms with Crippen molar-refractivity contribution in [3.05, 3.63) is 34.1 Å². The zero-order valence-corrected chi connectivity index (χ0v) is 11.0. The number of carbonyl (C=O) groups excluding carboxylic acids is 1. The van der Waals surface area contributed by atoms with Gasteiger partial charge in [-0.05, 0) is 30.5 Å². The fraction of sp³-hybridized carbons (Fsp3) is 0.333. The minimum absolute atomic E-state index is 0.212. The molecule has 6 heteroatoms. The number of benzene rings is 1. The molecule has 2 aliphatic rings. The number of nitrogens with two attached hydrogens (primary N) is 1. The van der Waals surface area contributed by atoms with E-state index < -0.39 is 0 Å². The minimum atomic E-state index is -0.375. The van der Waals surface area contributed by atoms with Gasteiger partial charge in [0.25, 0.3) is 0 Å². The van der Waals surface area contributed by atoms with Crippen LogP contribution in [-0.4, -0.2) is 22.8 Å². The van der Waals surface area contributed by atoms with E-state index in [1.807, 2.05) is 0 Å². The van der Waals surface area contributed by atoms with Crippen LogP contribution in [0.5, 0.6) is 0 Å². The summed E-state index contributed by atoms with van der Waals surface area (Å²) < 4.78 is 13.7. The number of amides is 2. The Morgan fingerprint density at radius 2 is 2.17 bits per heavy atom. The molecule has 3 rings (SSSR count). The largest absolute Gasteiger partial charge is 0.385 e. The van der Waals surface area contributed by atoms with Crippen LogP contribution in [0.15, 0.2) is 27.7 Å². The molecule has 1 fully saturated rings. The Hall–Kier alpha value is -1.43. The van der Waals surface area contributed by atoms with Crippen LogP contribution in [0.1, 0.15) is 24.4 Å². The van der Waals surface area contributed by atoms with Crippen molar-refractivity contribution in [3.8, 4) is 0 Å². The molecule has 0 aromatic heterocycles. The monoisotopic (exact) mass is 311 g/mol. The Labute approximate surface area is 112 Å². The van der Waals surface area contributed by atoms with E-state index in [0.29, 0.717) is 4.47 Å². The summed E-state index contributed by atoms with van der Waals surface area (Å²) in [6.45, 7) is 0. The van der Waals surface area contributed by atoms with Crippen LogP contribution in [0.3, 0.4) is 0 Å². The standard InChI is InChI=1S/C12H11BrFN3O/c13-9-5-6(14)1-4-8(9)10-11(15)16-12(18)17(10)7-2-3-7/h1,4-5,7,10H,2-3H2,(H2,15,16,18). The van der Waals surface area contributed by atoms with Gasteiger partial charge in [-0.25, -0.2) is 9.18 Å². The molecular formula is C12H11BrFN3O. The molecule has 0 bridgehead atoms. The average Bonchev–Trinajstić information content (AvgIpc) is 3.06. The molecule has 1 aliphatic heterocycles. The summed E-state index contributed by atoms with van der Waals surface area (Å²) in [6, 6.07) is 3.92. The third-order valence-corrected chi connectivity index (χ3v) is 3.89. The molecule has 1 aromatic rings. The van der Waals surface area contributed by atoms with Crippen LogP contribution in [0.25, 0.3) is 0 Å². The smallest absolute Gasteiger partial charge is 0.346 e. The first-order chi connectivity index (χ1) is 8.58. The topological polar surface area (TPSA) is 58.7 Å². The van der Waals surface area contributed by atoms with Gasteiger partial charge in [-0.1, -0.05) is 22.0 Å². The first-order valence-corrected chi connectivity index (χ1v) is 6.48. The fourth-order valence-electron chi connectivity index (χ4n) is 2.23. The second-order valence-electron chi connectivity index (χ2n) is 4.53. The second-order valence-corrected chi connectivity index (χ2v) is 5.38. The lowest BCUT2D eigenvalue weighted by molar-refractivity contribution is 0.203. The summed E-state index contributed by atoms with van der Waals surface area (Å²) in [5.41, 5.74) is 6.61. The molecule has 1 aromatic carbocycles. The molecule has 1 aliphatic carbocycles. The number of amidine groups is 1. The van der Waals surface area contributed by atoms with Gasteiger partial charge in [-0.15, -0.1) is 0 Å². The molecule has 2 N–H and O–H groups in total. The lowest BCUT2D eigenvalue weighted by Crippen LogP contribution is -2.35. The highest BCUT2D eigenvalue weighted by Gasteiger charge is 2.44. The van der Waals surface area contributed by atoms with Crippen molar-refractivity contribution in [2.45, 2.75) is 24.9 Å². The number of urea groups is 1. The van der Waals surface area contributed by atoms with Crippen molar-refractivity contribution < 1.29 is 9.18 Å². The van der Waals surface area contributed by atoms with Crippen molar-refractivity contribution in [2.24, 2.45) is 10.7 Å². The van der Waals surface area contributed by atoms with E-state index in [4.69, 9.17) is 5.73 Å². The zero-order valence-electron chi connectivity index (χ0n) is 9.44. The molecule has 94 valence electrons. The summed E-state index contributed by atoms with van der Waals surface area (Å²) in [6.07, 6.45) is 1.95. The van der Waals surface area contributed by atoms with Gasteiger partial charge in [0.1, 0.15) is 17.7 Å². The summed E-state index contributed by atoms with van der Waals surface area (Å²) in [4.78, 5) is 17.3. The number of rotatable bonds is 2. The fourth-order valence-corrected chi connectivity index (χ4v) is 2.80. The highest BCUT2D eigenvalue weighted by Crippen LogP contribution is 2.40. The molecule has 1 atom stereocenters. The average molecular weight is 312 g/mol. The molecule has 1 saturated carbocycles. The predicted octanol–water partition coefficient (Wildman–Crippen LogP) is 2.58. The van der Waals surface area contributed by atoms with Crippen LogP contribution in [0, 0.1) is 5.82 Å². The second kappa shape index (κ2) is 4.05. The van der Waals surface area contributed by atoms with Crippen molar-refractivity contribution in [3.63, 3.8) is 0 Å². The van der Waals surface area contributed by atoms with E-state index in [2.05, 4.69) is 20.9 Å². The van der Waals surface area contributed by atoms with Gasteiger partial charge in [0.15, 0.2) is 0 Å². The lowest BCUT2D eigenvalue weighted by atomic mass is 10.1. The van der Waals surface area contributed by atoms with E-state index in [1.165, 1.54) is 12.1 Å². The number of aliphatic imine (C=N–C) groups is 1. The molecular weight excluding hydrogens is 301 g/mol. The van der Waals surface area contributed by atoms with Crippen LogP contribution < -0.4 is 5.73 Å². The Morgan fingerprint density at radius 1 is 1.44 bits per heavy atom. The van der Waals surface area contributed by atoms with Crippen LogP contribution in [-0.2, 0) is 0 Å². The van der Waals surface area contributed by atoms with Crippen molar-refractivity contribution >= 4 is 27.8 Å². The maximum absolute atomic E-state index is 13.1. The van der Waals surface area contributed by atoms with Gasteiger partial charge >= 0.3 is 6.03 Å². The first-order valence-electron chi connectivity index (χ1n) is 5.69.